The molecule has 1 heterocycles. The first kappa shape index (κ1) is 11.6. The summed E-state index contributed by atoms with van der Waals surface area (Å²) in [5, 5.41) is 3.32. The van der Waals surface area contributed by atoms with Gasteiger partial charge in [-0.3, -0.25) is 4.79 Å². The zero-order valence-corrected chi connectivity index (χ0v) is 11.4. The van der Waals surface area contributed by atoms with E-state index in [0.29, 0.717) is 0 Å². The van der Waals surface area contributed by atoms with Crippen molar-refractivity contribution in [3.63, 3.8) is 0 Å². The quantitative estimate of drug-likeness (QED) is 0.841. The number of aromatic nitrogens is 1. The molecule has 2 fully saturated rings. The highest BCUT2D eigenvalue weighted by atomic mass is 16.2. The van der Waals surface area contributed by atoms with Crippen LogP contribution in [-0.2, 0) is 12.8 Å². The van der Waals surface area contributed by atoms with Crippen LogP contribution in [0.4, 0.5) is 0 Å². The minimum Gasteiger partial charge on any atom is -0.354 e. The summed E-state index contributed by atoms with van der Waals surface area (Å²) in [4.78, 5) is 15.8. The number of nitrogens with one attached hydrogen (secondary N) is 2. The summed E-state index contributed by atoms with van der Waals surface area (Å²) in [6.07, 6.45) is 11.1. The Kier molecular flexibility index (Phi) is 2.51. The second-order valence-electron chi connectivity index (χ2n) is 6.65. The van der Waals surface area contributed by atoms with Crippen LogP contribution < -0.4 is 5.32 Å². The highest BCUT2D eigenvalue weighted by Crippen LogP contribution is 2.53. The van der Waals surface area contributed by atoms with Crippen molar-refractivity contribution in [3.05, 3.63) is 23.0 Å². The van der Waals surface area contributed by atoms with E-state index in [2.05, 4.69) is 16.4 Å². The minimum atomic E-state index is 0.124. The first-order chi connectivity index (χ1) is 9.27. The predicted molar refractivity (Wildman–Crippen MR) is 74.2 cm³/mol. The fourth-order valence-corrected chi connectivity index (χ4v) is 4.13. The Morgan fingerprint density at radius 3 is 3.00 bits per heavy atom. The molecule has 1 amide bonds. The van der Waals surface area contributed by atoms with E-state index in [-0.39, 0.29) is 11.4 Å². The van der Waals surface area contributed by atoms with Gasteiger partial charge in [0, 0.05) is 11.2 Å². The lowest BCUT2D eigenvalue weighted by Crippen LogP contribution is -2.40. The van der Waals surface area contributed by atoms with Gasteiger partial charge in [-0.05, 0) is 62.5 Å². The van der Waals surface area contributed by atoms with Gasteiger partial charge in [-0.1, -0.05) is 12.8 Å². The molecular formula is C16H22N2O. The Bertz CT molecular complexity index is 495. The van der Waals surface area contributed by atoms with Crippen LogP contribution >= 0.6 is 0 Å². The molecule has 3 aliphatic rings. The molecule has 0 aliphatic heterocycles. The number of H-pyrrole nitrogens is 1. The fourth-order valence-electron chi connectivity index (χ4n) is 4.13. The first-order valence-corrected chi connectivity index (χ1v) is 7.80. The van der Waals surface area contributed by atoms with Crippen molar-refractivity contribution in [2.45, 2.75) is 63.3 Å². The number of carbonyl (C=O) groups excluding carboxylic acids is 1. The van der Waals surface area contributed by atoms with Crippen LogP contribution in [0.1, 0.15) is 66.7 Å². The maximum Gasteiger partial charge on any atom is 0.268 e. The second-order valence-corrected chi connectivity index (χ2v) is 6.65. The van der Waals surface area contributed by atoms with E-state index in [1.54, 1.807) is 0 Å². The molecule has 1 aromatic rings. The molecule has 2 saturated carbocycles. The van der Waals surface area contributed by atoms with Crippen LogP contribution in [-0.4, -0.2) is 16.4 Å². The van der Waals surface area contributed by atoms with Crippen molar-refractivity contribution in [1.82, 2.24) is 10.3 Å². The molecule has 3 nitrogen and oxygen atoms in total. The number of fused-ring (bicyclic) bond motifs is 2. The average Bonchev–Trinajstić information content (AvgIpc) is 2.97. The third-order valence-electron chi connectivity index (χ3n) is 5.38. The van der Waals surface area contributed by atoms with Gasteiger partial charge in [-0.15, -0.1) is 0 Å². The third-order valence-corrected chi connectivity index (χ3v) is 5.38. The molecule has 1 aromatic heterocycles. The Morgan fingerprint density at radius 1 is 1.26 bits per heavy atom. The van der Waals surface area contributed by atoms with Crippen molar-refractivity contribution in [1.29, 1.82) is 0 Å². The lowest BCUT2D eigenvalue weighted by molar-refractivity contribution is 0.0914. The SMILES string of the molecule is O=C(NC12CCCCC1C2)c1cc2c([nH]1)CCCC2. The third kappa shape index (κ3) is 1.90. The second kappa shape index (κ2) is 4.12. The zero-order valence-electron chi connectivity index (χ0n) is 11.4. The van der Waals surface area contributed by atoms with Crippen LogP contribution in [0.5, 0.6) is 0 Å². The molecule has 3 aliphatic carbocycles. The van der Waals surface area contributed by atoms with Gasteiger partial charge in [0.15, 0.2) is 0 Å². The molecule has 0 spiro atoms. The maximum absolute atomic E-state index is 12.4. The zero-order chi connectivity index (χ0) is 12.9. The van der Waals surface area contributed by atoms with Gasteiger partial charge in [0.05, 0.1) is 0 Å². The molecule has 0 radical (unpaired) electrons. The van der Waals surface area contributed by atoms with Gasteiger partial charge in [-0.25, -0.2) is 0 Å². The highest BCUT2D eigenvalue weighted by molar-refractivity contribution is 5.93. The lowest BCUT2D eigenvalue weighted by atomic mass is 9.95. The first-order valence-electron chi connectivity index (χ1n) is 7.80. The molecule has 2 atom stereocenters. The number of hydrogen-bond acceptors (Lipinski definition) is 1. The van der Waals surface area contributed by atoms with Crippen molar-refractivity contribution < 1.29 is 4.79 Å². The summed E-state index contributed by atoms with van der Waals surface area (Å²) in [6.45, 7) is 0. The fraction of sp³-hybridized carbons (Fsp3) is 0.688. The van der Waals surface area contributed by atoms with E-state index in [4.69, 9.17) is 0 Å². The highest BCUT2D eigenvalue weighted by Gasteiger charge is 2.55. The molecular weight excluding hydrogens is 236 g/mol. The summed E-state index contributed by atoms with van der Waals surface area (Å²) in [5.41, 5.74) is 3.62. The number of aromatic amines is 1. The predicted octanol–water partition coefficient (Wildman–Crippen LogP) is 2.96. The summed E-state index contributed by atoms with van der Waals surface area (Å²) < 4.78 is 0. The largest absolute Gasteiger partial charge is 0.354 e. The van der Waals surface area contributed by atoms with Crippen LogP contribution in [0, 0.1) is 5.92 Å². The molecule has 0 saturated heterocycles. The number of carbonyl (C=O) groups is 1. The molecule has 2 unspecified atom stereocenters. The summed E-state index contributed by atoms with van der Waals surface area (Å²) >= 11 is 0. The van der Waals surface area contributed by atoms with Crippen LogP contribution in [0.2, 0.25) is 0 Å². The van der Waals surface area contributed by atoms with Crippen LogP contribution in [0.3, 0.4) is 0 Å². The number of hydrogen-bond donors (Lipinski definition) is 2. The van der Waals surface area contributed by atoms with Crippen molar-refractivity contribution in [3.8, 4) is 0 Å². The van der Waals surface area contributed by atoms with Crippen molar-refractivity contribution >= 4 is 5.91 Å². The Morgan fingerprint density at radius 2 is 2.16 bits per heavy atom. The molecule has 0 aromatic carbocycles. The van der Waals surface area contributed by atoms with E-state index in [1.807, 2.05) is 0 Å². The summed E-state index contributed by atoms with van der Waals surface area (Å²) in [5.74, 6) is 0.883. The van der Waals surface area contributed by atoms with Gasteiger partial charge in [0.25, 0.3) is 5.91 Å². The van der Waals surface area contributed by atoms with Crippen LogP contribution in [0.15, 0.2) is 6.07 Å². The Balaban J connectivity index is 1.50. The molecule has 3 heteroatoms. The number of aryl methyl sites for hydroxylation is 2. The van der Waals surface area contributed by atoms with Crippen molar-refractivity contribution in [2.24, 2.45) is 5.92 Å². The Labute approximate surface area is 114 Å². The van der Waals surface area contributed by atoms with E-state index < -0.39 is 0 Å². The topological polar surface area (TPSA) is 44.9 Å². The molecule has 4 rings (SSSR count). The average molecular weight is 258 g/mol. The molecule has 102 valence electrons. The van der Waals surface area contributed by atoms with E-state index in [0.717, 1.165) is 24.5 Å². The van der Waals surface area contributed by atoms with E-state index in [9.17, 15) is 4.79 Å². The monoisotopic (exact) mass is 258 g/mol. The van der Waals surface area contributed by atoms with Gasteiger partial charge < -0.3 is 10.3 Å². The molecule has 2 N–H and O–H groups in total. The molecule has 0 bridgehead atoms. The standard InChI is InChI=1S/C16H22N2O/c19-15(18-16-8-4-3-6-12(16)10-16)14-9-11-5-1-2-7-13(11)17-14/h9,12,17H,1-8,10H2,(H,18,19). The van der Waals surface area contributed by atoms with E-state index in [1.165, 1.54) is 56.2 Å². The van der Waals surface area contributed by atoms with E-state index >= 15 is 0 Å². The van der Waals surface area contributed by atoms with Gasteiger partial charge in [-0.2, -0.15) is 0 Å². The van der Waals surface area contributed by atoms with Gasteiger partial charge in [0.2, 0.25) is 0 Å². The van der Waals surface area contributed by atoms with Gasteiger partial charge >= 0.3 is 0 Å². The number of rotatable bonds is 2. The minimum absolute atomic E-state index is 0.124. The Hall–Kier alpha value is -1.25. The lowest BCUT2D eigenvalue weighted by Gasteiger charge is -2.23. The summed E-state index contributed by atoms with van der Waals surface area (Å²) in [7, 11) is 0. The number of amides is 1. The van der Waals surface area contributed by atoms with Gasteiger partial charge in [0.1, 0.15) is 5.69 Å². The normalized spacial score (nSPS) is 32.3. The van der Waals surface area contributed by atoms with Crippen LogP contribution in [0.25, 0.3) is 0 Å². The maximum atomic E-state index is 12.4. The summed E-state index contributed by atoms with van der Waals surface area (Å²) in [6, 6.07) is 2.08. The van der Waals surface area contributed by atoms with Crippen molar-refractivity contribution in [2.75, 3.05) is 0 Å². The molecule has 19 heavy (non-hydrogen) atoms. The smallest absolute Gasteiger partial charge is 0.268 e.